The molecule has 0 aromatic carbocycles. The van der Waals surface area contributed by atoms with Crippen molar-refractivity contribution in [3.63, 3.8) is 0 Å². The number of carbonyl (C=O) groups is 1. The molecule has 1 aliphatic heterocycles. The van der Waals surface area contributed by atoms with Crippen molar-refractivity contribution in [3.8, 4) is 0 Å². The molecule has 0 saturated carbocycles. The van der Waals surface area contributed by atoms with Gasteiger partial charge in [-0.05, 0) is 13.0 Å². The average Bonchev–Trinajstić information content (AvgIpc) is 2.20. The van der Waals surface area contributed by atoms with Crippen LogP contribution in [0, 0.1) is 0 Å². The van der Waals surface area contributed by atoms with Crippen molar-refractivity contribution in [2.24, 2.45) is 5.73 Å². The molecular weight excluding hydrogens is 180 g/mol. The van der Waals surface area contributed by atoms with Gasteiger partial charge in [-0.25, -0.2) is 0 Å². The minimum atomic E-state index is 0.111. The highest BCUT2D eigenvalue weighted by molar-refractivity contribution is 5.77. The smallest absolute Gasteiger partial charge is 0.234 e. The Kier molecular flexibility index (Phi) is 5.51. The van der Waals surface area contributed by atoms with Gasteiger partial charge in [0.1, 0.15) is 0 Å². The third kappa shape index (κ3) is 4.55. The van der Waals surface area contributed by atoms with Crippen LogP contribution in [0.25, 0.3) is 0 Å². The fourth-order valence-electron chi connectivity index (χ4n) is 1.46. The summed E-state index contributed by atoms with van der Waals surface area (Å²) in [6, 6.07) is 0. The quantitative estimate of drug-likeness (QED) is 0.465. The lowest BCUT2D eigenvalue weighted by atomic mass is 10.3. The Morgan fingerprint density at radius 3 is 2.79 bits per heavy atom. The maximum Gasteiger partial charge on any atom is 0.234 e. The average molecular weight is 200 g/mol. The van der Waals surface area contributed by atoms with Crippen LogP contribution in [0.1, 0.15) is 6.42 Å². The molecule has 1 amide bonds. The molecule has 0 spiro atoms. The molecule has 0 aromatic rings. The Morgan fingerprint density at radius 1 is 1.43 bits per heavy atom. The number of rotatable bonds is 5. The first-order valence-corrected chi connectivity index (χ1v) is 5.23. The van der Waals surface area contributed by atoms with Gasteiger partial charge in [0.25, 0.3) is 0 Å². The number of hydrogen-bond donors (Lipinski definition) is 3. The van der Waals surface area contributed by atoms with Gasteiger partial charge in [-0.2, -0.15) is 0 Å². The zero-order chi connectivity index (χ0) is 10.2. The summed E-state index contributed by atoms with van der Waals surface area (Å²) >= 11 is 0. The van der Waals surface area contributed by atoms with Gasteiger partial charge < -0.3 is 16.4 Å². The highest BCUT2D eigenvalue weighted by Gasteiger charge is 2.12. The van der Waals surface area contributed by atoms with E-state index in [0.717, 1.165) is 32.6 Å². The van der Waals surface area contributed by atoms with E-state index in [9.17, 15) is 4.79 Å². The molecule has 0 radical (unpaired) electrons. The predicted octanol–water partition coefficient (Wildman–Crippen LogP) is -1.64. The summed E-state index contributed by atoms with van der Waals surface area (Å²) in [5.41, 5.74) is 5.33. The second kappa shape index (κ2) is 6.75. The van der Waals surface area contributed by atoms with Crippen molar-refractivity contribution >= 4 is 5.91 Å². The number of carbonyl (C=O) groups excluding carboxylic acids is 1. The van der Waals surface area contributed by atoms with E-state index in [1.54, 1.807) is 0 Å². The summed E-state index contributed by atoms with van der Waals surface area (Å²) in [6.07, 6.45) is 0.854. The minimum absolute atomic E-state index is 0.111. The molecule has 82 valence electrons. The first-order chi connectivity index (χ1) is 6.83. The third-order valence-electron chi connectivity index (χ3n) is 2.28. The Balaban J connectivity index is 2.06. The predicted molar refractivity (Wildman–Crippen MR) is 56.0 cm³/mol. The van der Waals surface area contributed by atoms with Gasteiger partial charge >= 0.3 is 0 Å². The molecule has 0 atom stereocenters. The van der Waals surface area contributed by atoms with E-state index in [1.807, 2.05) is 0 Å². The highest BCUT2D eigenvalue weighted by atomic mass is 16.2. The fourth-order valence-corrected chi connectivity index (χ4v) is 1.46. The molecule has 1 fully saturated rings. The topological polar surface area (TPSA) is 70.4 Å². The van der Waals surface area contributed by atoms with Gasteiger partial charge in [0, 0.05) is 32.7 Å². The summed E-state index contributed by atoms with van der Waals surface area (Å²) in [5.74, 6) is 0.111. The largest absolute Gasteiger partial charge is 0.355 e. The van der Waals surface area contributed by atoms with Crippen molar-refractivity contribution < 1.29 is 4.79 Å². The van der Waals surface area contributed by atoms with Crippen molar-refractivity contribution in [3.05, 3.63) is 0 Å². The molecule has 0 unspecified atom stereocenters. The number of nitrogens with two attached hydrogens (primary N) is 1. The molecule has 5 heteroatoms. The van der Waals surface area contributed by atoms with Crippen LogP contribution >= 0.6 is 0 Å². The molecule has 5 nitrogen and oxygen atoms in total. The summed E-state index contributed by atoms with van der Waals surface area (Å²) in [6.45, 7) is 5.74. The number of piperazine rings is 1. The van der Waals surface area contributed by atoms with Gasteiger partial charge in [-0.3, -0.25) is 9.69 Å². The maximum absolute atomic E-state index is 11.4. The lowest BCUT2D eigenvalue weighted by molar-refractivity contribution is -0.122. The van der Waals surface area contributed by atoms with E-state index < -0.39 is 0 Å². The van der Waals surface area contributed by atoms with Crippen LogP contribution in [-0.4, -0.2) is 56.6 Å². The minimum Gasteiger partial charge on any atom is -0.355 e. The zero-order valence-corrected chi connectivity index (χ0v) is 8.59. The Hall–Kier alpha value is -0.650. The lowest BCUT2D eigenvalue weighted by Crippen LogP contribution is -2.47. The van der Waals surface area contributed by atoms with Gasteiger partial charge in [-0.1, -0.05) is 0 Å². The number of nitrogens with zero attached hydrogens (tertiary/aromatic N) is 1. The van der Waals surface area contributed by atoms with Crippen LogP contribution in [0.4, 0.5) is 0 Å². The highest BCUT2D eigenvalue weighted by Crippen LogP contribution is 1.90. The van der Waals surface area contributed by atoms with E-state index in [0.29, 0.717) is 19.6 Å². The summed E-state index contributed by atoms with van der Waals surface area (Å²) in [4.78, 5) is 13.5. The van der Waals surface area contributed by atoms with E-state index in [1.165, 1.54) is 0 Å². The van der Waals surface area contributed by atoms with Gasteiger partial charge in [-0.15, -0.1) is 0 Å². The van der Waals surface area contributed by atoms with Crippen LogP contribution in [-0.2, 0) is 4.79 Å². The molecule has 0 bridgehead atoms. The second-order valence-electron chi connectivity index (χ2n) is 3.52. The number of nitrogens with one attached hydrogen (secondary N) is 2. The molecule has 1 heterocycles. The molecule has 1 saturated heterocycles. The second-order valence-corrected chi connectivity index (χ2v) is 3.52. The third-order valence-corrected chi connectivity index (χ3v) is 2.28. The lowest BCUT2D eigenvalue weighted by Gasteiger charge is -2.26. The van der Waals surface area contributed by atoms with Crippen LogP contribution in [0.3, 0.4) is 0 Å². The van der Waals surface area contributed by atoms with Crippen molar-refractivity contribution in [2.75, 3.05) is 45.8 Å². The molecular formula is C9H20N4O. The summed E-state index contributed by atoms with van der Waals surface area (Å²) < 4.78 is 0. The standard InChI is InChI=1S/C9H20N4O/c10-2-1-3-12-9(14)8-13-6-4-11-5-7-13/h11H,1-8,10H2,(H,12,14). The van der Waals surface area contributed by atoms with Gasteiger partial charge in [0.05, 0.1) is 6.54 Å². The molecule has 1 aliphatic rings. The van der Waals surface area contributed by atoms with Crippen molar-refractivity contribution in [2.45, 2.75) is 6.42 Å². The Morgan fingerprint density at radius 2 is 2.14 bits per heavy atom. The van der Waals surface area contributed by atoms with E-state index >= 15 is 0 Å². The van der Waals surface area contributed by atoms with Crippen LogP contribution in [0.2, 0.25) is 0 Å². The Labute approximate surface area is 85.0 Å². The molecule has 4 N–H and O–H groups in total. The van der Waals surface area contributed by atoms with Gasteiger partial charge in [0.15, 0.2) is 0 Å². The molecule has 1 rings (SSSR count). The summed E-state index contributed by atoms with van der Waals surface area (Å²) in [5, 5.41) is 6.10. The number of amides is 1. The summed E-state index contributed by atoms with van der Waals surface area (Å²) in [7, 11) is 0. The van der Waals surface area contributed by atoms with Crippen LogP contribution < -0.4 is 16.4 Å². The SMILES string of the molecule is NCCCNC(=O)CN1CCNCC1. The van der Waals surface area contributed by atoms with E-state index in [2.05, 4.69) is 15.5 Å². The molecule has 14 heavy (non-hydrogen) atoms. The van der Waals surface area contributed by atoms with Crippen LogP contribution in [0.5, 0.6) is 0 Å². The van der Waals surface area contributed by atoms with Gasteiger partial charge in [0.2, 0.25) is 5.91 Å². The monoisotopic (exact) mass is 200 g/mol. The van der Waals surface area contributed by atoms with E-state index in [4.69, 9.17) is 5.73 Å². The Bertz CT molecular complexity index is 168. The van der Waals surface area contributed by atoms with Crippen molar-refractivity contribution in [1.29, 1.82) is 0 Å². The number of hydrogen-bond acceptors (Lipinski definition) is 4. The fraction of sp³-hybridized carbons (Fsp3) is 0.889. The first kappa shape index (κ1) is 11.4. The normalized spacial score (nSPS) is 18.1. The van der Waals surface area contributed by atoms with E-state index in [-0.39, 0.29) is 5.91 Å². The first-order valence-electron chi connectivity index (χ1n) is 5.23. The zero-order valence-electron chi connectivity index (χ0n) is 8.59. The molecule has 0 aromatic heterocycles. The van der Waals surface area contributed by atoms with Crippen LogP contribution in [0.15, 0.2) is 0 Å². The van der Waals surface area contributed by atoms with Crippen molar-refractivity contribution in [1.82, 2.24) is 15.5 Å². The maximum atomic E-state index is 11.4. The molecule has 0 aliphatic carbocycles.